The summed E-state index contributed by atoms with van der Waals surface area (Å²) in [5.41, 5.74) is 24.6. The van der Waals surface area contributed by atoms with Crippen LogP contribution < -0.4 is 4.90 Å². The normalized spacial score (nSPS) is 12.1. The van der Waals surface area contributed by atoms with E-state index in [1.165, 1.54) is 89.0 Å². The Morgan fingerprint density at radius 3 is 1.12 bits per heavy atom. The molecule has 0 amide bonds. The molecule has 0 bridgehead atoms. The van der Waals surface area contributed by atoms with Gasteiger partial charge < -0.3 is 4.90 Å². The average Bonchev–Trinajstić information content (AvgIpc) is 3.86. The fraction of sp³-hybridized carbons (Fsp3) is 0.0357. The van der Waals surface area contributed by atoms with E-state index in [4.69, 9.17) is 0 Å². The van der Waals surface area contributed by atoms with E-state index in [1.54, 1.807) is 0 Å². The molecule has 0 spiro atoms. The summed E-state index contributed by atoms with van der Waals surface area (Å²) >= 11 is 0. The molecule has 0 aliphatic heterocycles. The number of rotatable bonds is 7. The van der Waals surface area contributed by atoms with E-state index >= 15 is 0 Å². The molecule has 1 heteroatoms. The van der Waals surface area contributed by atoms with E-state index in [9.17, 15) is 0 Å². The zero-order valence-electron chi connectivity index (χ0n) is 31.6. The first kappa shape index (κ1) is 33.1. The molecule has 0 atom stereocenters. The average molecular weight is 726 g/mol. The Morgan fingerprint density at radius 1 is 0.263 bits per heavy atom. The van der Waals surface area contributed by atoms with Gasteiger partial charge in [-0.3, -0.25) is 0 Å². The lowest BCUT2D eigenvalue weighted by Gasteiger charge is -2.26. The molecular weight excluding hydrogens is 687 g/mol. The first-order valence-corrected chi connectivity index (χ1v) is 19.9. The molecule has 0 unspecified atom stereocenters. The van der Waals surface area contributed by atoms with E-state index in [-0.39, 0.29) is 0 Å². The first-order chi connectivity index (χ1) is 28.2. The smallest absolute Gasteiger partial charge is 0.0462 e. The lowest BCUT2D eigenvalue weighted by Crippen LogP contribution is -2.09. The first-order valence-electron chi connectivity index (χ1n) is 19.9. The van der Waals surface area contributed by atoms with E-state index in [1.807, 2.05) is 0 Å². The van der Waals surface area contributed by atoms with Crippen LogP contribution >= 0.6 is 0 Å². The zero-order valence-corrected chi connectivity index (χ0v) is 31.6. The van der Waals surface area contributed by atoms with Gasteiger partial charge in [-0.1, -0.05) is 170 Å². The second-order valence-electron chi connectivity index (χ2n) is 15.3. The molecule has 1 nitrogen and oxygen atoms in total. The van der Waals surface area contributed by atoms with Gasteiger partial charge in [-0.25, -0.2) is 0 Å². The van der Waals surface area contributed by atoms with Crippen molar-refractivity contribution in [3.8, 4) is 66.8 Å². The quantitative estimate of drug-likeness (QED) is 0.158. The third-order valence-electron chi connectivity index (χ3n) is 12.0. The molecule has 0 N–H and O–H groups in total. The molecule has 268 valence electrons. The highest BCUT2D eigenvalue weighted by Crippen LogP contribution is 2.52. The predicted molar refractivity (Wildman–Crippen MR) is 239 cm³/mol. The van der Waals surface area contributed by atoms with Gasteiger partial charge in [0.2, 0.25) is 0 Å². The Balaban J connectivity index is 0.971. The van der Waals surface area contributed by atoms with E-state index in [0.717, 1.165) is 29.9 Å². The Labute approximate surface area is 334 Å². The van der Waals surface area contributed by atoms with Crippen LogP contribution in [0.4, 0.5) is 17.1 Å². The molecule has 57 heavy (non-hydrogen) atoms. The number of fused-ring (bicyclic) bond motifs is 7. The van der Waals surface area contributed by atoms with Crippen molar-refractivity contribution in [2.45, 2.75) is 12.8 Å². The topological polar surface area (TPSA) is 3.24 Å². The Morgan fingerprint density at radius 2 is 0.632 bits per heavy atom. The van der Waals surface area contributed by atoms with Gasteiger partial charge in [-0.05, 0) is 144 Å². The number of anilines is 3. The molecule has 2 aliphatic rings. The van der Waals surface area contributed by atoms with Crippen LogP contribution in [0, 0.1) is 0 Å². The van der Waals surface area contributed by atoms with Gasteiger partial charge >= 0.3 is 0 Å². The van der Waals surface area contributed by atoms with Crippen LogP contribution in [0.1, 0.15) is 22.3 Å². The highest BCUT2D eigenvalue weighted by molar-refractivity contribution is 5.99. The highest BCUT2D eigenvalue weighted by atomic mass is 15.1. The van der Waals surface area contributed by atoms with Crippen molar-refractivity contribution in [2.75, 3.05) is 4.90 Å². The summed E-state index contributed by atoms with van der Waals surface area (Å²) in [4.78, 5) is 2.38. The highest BCUT2D eigenvalue weighted by Gasteiger charge is 2.31. The van der Waals surface area contributed by atoms with E-state index < -0.39 is 0 Å². The van der Waals surface area contributed by atoms with Crippen molar-refractivity contribution in [3.63, 3.8) is 0 Å². The third-order valence-corrected chi connectivity index (χ3v) is 12.0. The fourth-order valence-corrected chi connectivity index (χ4v) is 9.16. The molecule has 0 aromatic heterocycles. The summed E-state index contributed by atoms with van der Waals surface area (Å²) in [6, 6.07) is 77.7. The molecule has 9 aromatic carbocycles. The van der Waals surface area contributed by atoms with Crippen molar-refractivity contribution in [1.82, 2.24) is 0 Å². The number of nitrogens with zero attached hydrogens (tertiary/aromatic N) is 1. The van der Waals surface area contributed by atoms with Gasteiger partial charge in [0.05, 0.1) is 0 Å². The number of benzene rings is 9. The standard InChI is InChI=1S/C56H39N/c1-3-11-38(12-4-1)40-19-21-41(22-20-40)43-25-31-49(32-26-43)57(48-29-23-42(24-30-48)39-13-5-2-6-14-39)50-33-27-44(28-34-50)53-37-47-35-45-15-7-9-17-51(45)55(47)56-52-18-10-8-16-46(52)36-54(53)56/h1-34,37H,35-36H2. The van der Waals surface area contributed by atoms with E-state index in [2.05, 4.69) is 217 Å². The molecule has 9 aromatic rings. The largest absolute Gasteiger partial charge is 0.311 e. The summed E-state index contributed by atoms with van der Waals surface area (Å²) in [7, 11) is 0. The van der Waals surface area contributed by atoms with Crippen LogP contribution in [0.2, 0.25) is 0 Å². The molecule has 11 rings (SSSR count). The van der Waals surface area contributed by atoms with Crippen LogP contribution in [-0.2, 0) is 12.8 Å². The van der Waals surface area contributed by atoms with E-state index in [0.29, 0.717) is 0 Å². The van der Waals surface area contributed by atoms with Crippen molar-refractivity contribution < 1.29 is 0 Å². The van der Waals surface area contributed by atoms with Gasteiger partial charge in [-0.2, -0.15) is 0 Å². The Kier molecular flexibility index (Phi) is 8.03. The monoisotopic (exact) mass is 725 g/mol. The number of hydrogen-bond donors (Lipinski definition) is 0. The fourth-order valence-electron chi connectivity index (χ4n) is 9.16. The van der Waals surface area contributed by atoms with Gasteiger partial charge in [0.1, 0.15) is 0 Å². The maximum atomic E-state index is 2.49. The molecule has 0 radical (unpaired) electrons. The lowest BCUT2D eigenvalue weighted by molar-refractivity contribution is 1.23. The maximum absolute atomic E-state index is 2.49. The van der Waals surface area contributed by atoms with Crippen LogP contribution in [0.25, 0.3) is 66.8 Å². The molecule has 0 heterocycles. The summed E-state index contributed by atoms with van der Waals surface area (Å²) < 4.78 is 0. The number of hydrogen-bond acceptors (Lipinski definition) is 1. The van der Waals surface area contributed by atoms with Crippen LogP contribution in [0.3, 0.4) is 0 Å². The second-order valence-corrected chi connectivity index (χ2v) is 15.3. The van der Waals surface area contributed by atoms with Crippen molar-refractivity contribution in [1.29, 1.82) is 0 Å². The Bertz CT molecular complexity index is 2890. The van der Waals surface area contributed by atoms with Gasteiger partial charge in [0, 0.05) is 17.1 Å². The minimum Gasteiger partial charge on any atom is -0.311 e. The summed E-state index contributed by atoms with van der Waals surface area (Å²) in [5.74, 6) is 0. The van der Waals surface area contributed by atoms with Gasteiger partial charge in [0.15, 0.2) is 0 Å². The minimum atomic E-state index is 0.958. The molecule has 2 aliphatic carbocycles. The molecule has 0 saturated carbocycles. The van der Waals surface area contributed by atoms with Crippen LogP contribution in [0.5, 0.6) is 0 Å². The predicted octanol–water partition coefficient (Wildman–Crippen LogP) is 15.0. The second kappa shape index (κ2) is 13.8. The van der Waals surface area contributed by atoms with Crippen molar-refractivity contribution in [2.24, 2.45) is 0 Å². The molecule has 0 fully saturated rings. The minimum absolute atomic E-state index is 0.958. The van der Waals surface area contributed by atoms with Crippen LogP contribution in [-0.4, -0.2) is 0 Å². The SMILES string of the molecule is c1ccc(-c2ccc(-c3ccc(N(c4ccc(-c5ccccc5)cc4)c4ccc(-c5cc6c(c7c5Cc5ccccc5-7)-c5ccccc5C6)cc4)cc3)cc2)cc1. The molecular formula is C56H39N. The molecule has 0 saturated heterocycles. The third kappa shape index (κ3) is 5.88. The lowest BCUT2D eigenvalue weighted by atomic mass is 9.88. The summed E-state index contributed by atoms with van der Waals surface area (Å²) in [6.07, 6.45) is 1.94. The van der Waals surface area contributed by atoms with Crippen molar-refractivity contribution in [3.05, 3.63) is 235 Å². The van der Waals surface area contributed by atoms with Crippen molar-refractivity contribution >= 4 is 17.1 Å². The van der Waals surface area contributed by atoms with Crippen LogP contribution in [0.15, 0.2) is 212 Å². The van der Waals surface area contributed by atoms with Gasteiger partial charge in [0.25, 0.3) is 0 Å². The zero-order chi connectivity index (χ0) is 37.7. The maximum Gasteiger partial charge on any atom is 0.0462 e. The Hall–Kier alpha value is -7.22. The summed E-state index contributed by atoms with van der Waals surface area (Å²) in [5, 5.41) is 0. The van der Waals surface area contributed by atoms with Gasteiger partial charge in [-0.15, -0.1) is 0 Å². The summed E-state index contributed by atoms with van der Waals surface area (Å²) in [6.45, 7) is 0.